The fourth-order valence-electron chi connectivity index (χ4n) is 2.51. The minimum atomic E-state index is -0.229. The minimum absolute atomic E-state index is 0.0562. The van der Waals surface area contributed by atoms with Crippen LogP contribution >= 0.6 is 0 Å². The van der Waals surface area contributed by atoms with Crippen molar-refractivity contribution < 1.29 is 19.0 Å². The van der Waals surface area contributed by atoms with Crippen molar-refractivity contribution in [2.24, 2.45) is 0 Å². The van der Waals surface area contributed by atoms with E-state index in [-0.39, 0.29) is 12.0 Å². The second-order valence-electron chi connectivity index (χ2n) is 6.60. The smallest absolute Gasteiger partial charge is 0.248 e. The number of benzene rings is 2. The van der Waals surface area contributed by atoms with Crippen LogP contribution in [0.4, 0.5) is 5.69 Å². The predicted molar refractivity (Wildman–Crippen MR) is 113 cm³/mol. The van der Waals surface area contributed by atoms with E-state index < -0.39 is 0 Å². The van der Waals surface area contributed by atoms with Crippen molar-refractivity contribution in [2.75, 3.05) is 19.0 Å². The van der Waals surface area contributed by atoms with Gasteiger partial charge < -0.3 is 19.5 Å². The summed E-state index contributed by atoms with van der Waals surface area (Å²) in [4.78, 5) is 12.3. The normalized spacial score (nSPS) is 10.9. The Bertz CT molecular complexity index is 799. The van der Waals surface area contributed by atoms with E-state index in [1.54, 1.807) is 13.2 Å². The molecule has 0 aliphatic heterocycles. The van der Waals surface area contributed by atoms with E-state index in [9.17, 15) is 4.79 Å². The third kappa shape index (κ3) is 6.65. The molecule has 1 N–H and O–H groups in total. The van der Waals surface area contributed by atoms with Gasteiger partial charge in [0.05, 0.1) is 25.5 Å². The average Bonchev–Trinajstić information content (AvgIpc) is 2.68. The highest BCUT2D eigenvalue weighted by molar-refractivity contribution is 6.02. The molecule has 28 heavy (non-hydrogen) atoms. The maximum Gasteiger partial charge on any atom is 0.248 e. The fourth-order valence-corrected chi connectivity index (χ4v) is 2.51. The molecule has 0 saturated carbocycles. The highest BCUT2D eigenvalue weighted by Crippen LogP contribution is 2.29. The second-order valence-corrected chi connectivity index (χ2v) is 6.60. The van der Waals surface area contributed by atoms with Crippen LogP contribution in [0.15, 0.2) is 48.5 Å². The Kier molecular flexibility index (Phi) is 8.40. The summed E-state index contributed by atoms with van der Waals surface area (Å²) in [6, 6.07) is 13.0. The Labute approximate surface area is 167 Å². The highest BCUT2D eigenvalue weighted by atomic mass is 16.5. The molecule has 0 aliphatic carbocycles. The number of ether oxygens (including phenoxy) is 3. The number of carbonyl (C=O) groups is 1. The van der Waals surface area contributed by atoms with Crippen molar-refractivity contribution in [1.82, 2.24) is 0 Å². The maximum atomic E-state index is 12.3. The molecule has 2 rings (SSSR count). The van der Waals surface area contributed by atoms with Crippen LogP contribution in [-0.4, -0.2) is 25.7 Å². The largest absolute Gasteiger partial charge is 0.493 e. The van der Waals surface area contributed by atoms with Gasteiger partial charge in [-0.2, -0.15) is 0 Å². The summed E-state index contributed by atoms with van der Waals surface area (Å²) in [5.74, 6) is 1.76. The third-order valence-corrected chi connectivity index (χ3v) is 3.88. The van der Waals surface area contributed by atoms with Crippen molar-refractivity contribution in [1.29, 1.82) is 0 Å². The van der Waals surface area contributed by atoms with Gasteiger partial charge in [0.2, 0.25) is 5.91 Å². The Morgan fingerprint density at radius 2 is 1.89 bits per heavy atom. The molecule has 5 heteroatoms. The van der Waals surface area contributed by atoms with Gasteiger partial charge in [0.15, 0.2) is 11.5 Å². The standard InChI is InChI=1S/C23H29NO4/c1-5-6-15-27-20-10-8-7-9-19(20)24-23(25)14-12-18-11-13-21(28-17(2)3)22(16-18)26-4/h7-14,16-17H,5-6,15H2,1-4H3,(H,24,25). The van der Waals surface area contributed by atoms with Gasteiger partial charge >= 0.3 is 0 Å². The molecule has 0 heterocycles. The number of para-hydroxylation sites is 2. The summed E-state index contributed by atoms with van der Waals surface area (Å²) in [6.07, 6.45) is 5.31. The van der Waals surface area contributed by atoms with Crippen molar-refractivity contribution in [3.63, 3.8) is 0 Å². The summed E-state index contributed by atoms with van der Waals surface area (Å²) in [5.41, 5.74) is 1.50. The number of anilines is 1. The minimum Gasteiger partial charge on any atom is -0.493 e. The van der Waals surface area contributed by atoms with Gasteiger partial charge in [-0.1, -0.05) is 31.5 Å². The van der Waals surface area contributed by atoms with Gasteiger partial charge in [-0.3, -0.25) is 4.79 Å². The molecule has 1 amide bonds. The molecule has 0 radical (unpaired) electrons. The van der Waals surface area contributed by atoms with Crippen LogP contribution < -0.4 is 19.5 Å². The molecule has 0 bridgehead atoms. The summed E-state index contributed by atoms with van der Waals surface area (Å²) >= 11 is 0. The Balaban J connectivity index is 2.04. The van der Waals surface area contributed by atoms with Gasteiger partial charge in [-0.15, -0.1) is 0 Å². The molecule has 0 saturated heterocycles. The SMILES string of the molecule is CCCCOc1ccccc1NC(=O)C=Cc1ccc(OC(C)C)c(OC)c1. The zero-order valence-corrected chi connectivity index (χ0v) is 17.0. The molecule has 0 spiro atoms. The average molecular weight is 383 g/mol. The number of hydrogen-bond donors (Lipinski definition) is 1. The van der Waals surface area contributed by atoms with Gasteiger partial charge in [-0.05, 0) is 56.2 Å². The van der Waals surface area contributed by atoms with Crippen LogP contribution in [0, 0.1) is 0 Å². The van der Waals surface area contributed by atoms with Crippen LogP contribution in [0.3, 0.4) is 0 Å². The molecule has 0 aliphatic rings. The van der Waals surface area contributed by atoms with Crippen molar-refractivity contribution >= 4 is 17.7 Å². The molecule has 0 fully saturated rings. The molecule has 2 aromatic carbocycles. The first-order valence-electron chi connectivity index (χ1n) is 9.59. The van der Waals surface area contributed by atoms with Crippen LogP contribution in [0.25, 0.3) is 6.08 Å². The molecule has 0 atom stereocenters. The molecule has 0 aromatic heterocycles. The van der Waals surface area contributed by atoms with Crippen LogP contribution in [0.5, 0.6) is 17.2 Å². The van der Waals surface area contributed by atoms with Crippen LogP contribution in [0.1, 0.15) is 39.2 Å². The summed E-state index contributed by atoms with van der Waals surface area (Å²) in [7, 11) is 1.60. The van der Waals surface area contributed by atoms with E-state index >= 15 is 0 Å². The molecule has 150 valence electrons. The van der Waals surface area contributed by atoms with E-state index in [1.165, 1.54) is 6.08 Å². The number of amides is 1. The number of carbonyl (C=O) groups excluding carboxylic acids is 1. The number of rotatable bonds is 10. The lowest BCUT2D eigenvalue weighted by Gasteiger charge is -2.13. The lowest BCUT2D eigenvalue weighted by atomic mass is 10.2. The number of nitrogens with one attached hydrogen (secondary N) is 1. The van der Waals surface area contributed by atoms with Crippen LogP contribution in [-0.2, 0) is 4.79 Å². The van der Waals surface area contributed by atoms with Crippen molar-refractivity contribution in [3.8, 4) is 17.2 Å². The first-order valence-corrected chi connectivity index (χ1v) is 9.59. The van der Waals surface area contributed by atoms with E-state index in [4.69, 9.17) is 14.2 Å². The zero-order chi connectivity index (χ0) is 20.4. The molecular weight excluding hydrogens is 354 g/mol. The number of methoxy groups -OCH3 is 1. The highest BCUT2D eigenvalue weighted by Gasteiger charge is 2.08. The van der Waals surface area contributed by atoms with Crippen molar-refractivity contribution in [2.45, 2.75) is 39.7 Å². The lowest BCUT2D eigenvalue weighted by molar-refractivity contribution is -0.111. The Hall–Kier alpha value is -2.95. The fraction of sp³-hybridized carbons (Fsp3) is 0.348. The van der Waals surface area contributed by atoms with Crippen molar-refractivity contribution in [3.05, 3.63) is 54.1 Å². The van der Waals surface area contributed by atoms with Gasteiger partial charge in [0, 0.05) is 6.08 Å². The van der Waals surface area contributed by atoms with Gasteiger partial charge in [0.1, 0.15) is 5.75 Å². The summed E-state index contributed by atoms with van der Waals surface area (Å²) in [6.45, 7) is 6.66. The topological polar surface area (TPSA) is 56.8 Å². The quantitative estimate of drug-likeness (QED) is 0.446. The molecule has 0 unspecified atom stereocenters. The molecule has 5 nitrogen and oxygen atoms in total. The molecule has 2 aromatic rings. The Morgan fingerprint density at radius 3 is 2.61 bits per heavy atom. The number of unbranched alkanes of at least 4 members (excludes halogenated alkanes) is 1. The summed E-state index contributed by atoms with van der Waals surface area (Å²) < 4.78 is 16.8. The zero-order valence-electron chi connectivity index (χ0n) is 17.0. The lowest BCUT2D eigenvalue weighted by Crippen LogP contribution is -2.09. The molecular formula is C23H29NO4. The van der Waals surface area contributed by atoms with Crippen LogP contribution in [0.2, 0.25) is 0 Å². The van der Waals surface area contributed by atoms with Gasteiger partial charge in [0.25, 0.3) is 0 Å². The first kappa shape index (κ1) is 21.4. The maximum absolute atomic E-state index is 12.3. The second kappa shape index (κ2) is 11.0. The Morgan fingerprint density at radius 1 is 1.11 bits per heavy atom. The predicted octanol–water partition coefficient (Wildman–Crippen LogP) is 5.31. The first-order chi connectivity index (χ1) is 13.5. The number of hydrogen-bond acceptors (Lipinski definition) is 4. The van der Waals surface area contributed by atoms with E-state index in [0.717, 1.165) is 18.4 Å². The van der Waals surface area contributed by atoms with E-state index in [2.05, 4.69) is 12.2 Å². The van der Waals surface area contributed by atoms with E-state index in [0.29, 0.717) is 29.5 Å². The monoisotopic (exact) mass is 383 g/mol. The van der Waals surface area contributed by atoms with Gasteiger partial charge in [-0.25, -0.2) is 0 Å². The summed E-state index contributed by atoms with van der Waals surface area (Å²) in [5, 5.41) is 2.87. The van der Waals surface area contributed by atoms with E-state index in [1.807, 2.05) is 56.3 Å². The third-order valence-electron chi connectivity index (χ3n) is 3.88.